The van der Waals surface area contributed by atoms with E-state index in [1.165, 1.54) is 0 Å². The maximum atomic E-state index is 12.7. The molecule has 9 nitrogen and oxygen atoms in total. The number of carbonyl (C=O) groups excluding carboxylic acids is 4. The Labute approximate surface area is 172 Å². The highest BCUT2D eigenvalue weighted by Gasteiger charge is 2.52. The van der Waals surface area contributed by atoms with Crippen LogP contribution in [-0.2, 0) is 14.4 Å². The van der Waals surface area contributed by atoms with Crippen LogP contribution in [0, 0.1) is 5.92 Å². The van der Waals surface area contributed by atoms with E-state index in [2.05, 4.69) is 15.6 Å². The van der Waals surface area contributed by atoms with Crippen molar-refractivity contribution < 1.29 is 19.2 Å². The van der Waals surface area contributed by atoms with E-state index in [4.69, 9.17) is 0 Å². The first-order chi connectivity index (χ1) is 13.8. The van der Waals surface area contributed by atoms with Crippen molar-refractivity contribution in [3.8, 4) is 0 Å². The van der Waals surface area contributed by atoms with Gasteiger partial charge in [0.1, 0.15) is 5.54 Å². The van der Waals surface area contributed by atoms with Crippen LogP contribution in [0.3, 0.4) is 0 Å². The molecule has 3 fully saturated rings. The SMILES string of the molecule is CC(C)CC(=O)N1CCN(CCC(=O)NN2C(=O)NC3(CCCCC3)C2=O)CC1. The number of hydrazine groups is 1. The third-order valence-corrected chi connectivity index (χ3v) is 6.07. The lowest BCUT2D eigenvalue weighted by molar-refractivity contribution is -0.140. The van der Waals surface area contributed by atoms with Gasteiger partial charge >= 0.3 is 6.03 Å². The summed E-state index contributed by atoms with van der Waals surface area (Å²) in [5.41, 5.74) is 1.65. The fraction of sp³-hybridized carbons (Fsp3) is 0.800. The van der Waals surface area contributed by atoms with Gasteiger partial charge in [-0.05, 0) is 18.8 Å². The van der Waals surface area contributed by atoms with E-state index in [1.807, 2.05) is 18.7 Å². The number of imide groups is 1. The number of amides is 5. The van der Waals surface area contributed by atoms with Gasteiger partial charge in [-0.25, -0.2) is 4.79 Å². The summed E-state index contributed by atoms with van der Waals surface area (Å²) in [6.07, 6.45) is 4.89. The van der Waals surface area contributed by atoms with Crippen LogP contribution in [-0.4, -0.2) is 76.8 Å². The highest BCUT2D eigenvalue weighted by Crippen LogP contribution is 2.32. The molecular formula is C20H33N5O4. The molecular weight excluding hydrogens is 374 g/mol. The van der Waals surface area contributed by atoms with Crippen molar-refractivity contribution in [1.29, 1.82) is 0 Å². The fourth-order valence-corrected chi connectivity index (χ4v) is 4.36. The molecule has 162 valence electrons. The molecule has 0 aromatic heterocycles. The predicted octanol–water partition coefficient (Wildman–Crippen LogP) is 0.853. The molecule has 2 saturated heterocycles. The van der Waals surface area contributed by atoms with Crippen LogP contribution in [0.2, 0.25) is 0 Å². The minimum atomic E-state index is -0.832. The van der Waals surface area contributed by atoms with Gasteiger partial charge in [-0.1, -0.05) is 33.1 Å². The average Bonchev–Trinajstić information content (AvgIpc) is 2.90. The molecule has 0 radical (unpaired) electrons. The molecule has 2 heterocycles. The quantitative estimate of drug-likeness (QED) is 0.636. The Balaban J connectivity index is 1.41. The molecule has 9 heteroatoms. The lowest BCUT2D eigenvalue weighted by atomic mass is 9.82. The predicted molar refractivity (Wildman–Crippen MR) is 106 cm³/mol. The summed E-state index contributed by atoms with van der Waals surface area (Å²) in [5.74, 6) is -0.150. The number of hydrogen-bond acceptors (Lipinski definition) is 5. The second kappa shape index (κ2) is 9.11. The Bertz CT molecular complexity index is 651. The lowest BCUT2D eigenvalue weighted by Crippen LogP contribution is -2.52. The fourth-order valence-electron chi connectivity index (χ4n) is 4.36. The van der Waals surface area contributed by atoms with Crippen molar-refractivity contribution in [2.75, 3.05) is 32.7 Å². The molecule has 1 saturated carbocycles. The highest BCUT2D eigenvalue weighted by molar-refractivity contribution is 6.08. The van der Waals surface area contributed by atoms with Crippen molar-refractivity contribution in [3.05, 3.63) is 0 Å². The third kappa shape index (κ3) is 5.07. The molecule has 0 aromatic rings. The highest BCUT2D eigenvalue weighted by atomic mass is 16.2. The lowest BCUT2D eigenvalue weighted by Gasteiger charge is -2.35. The topological polar surface area (TPSA) is 102 Å². The van der Waals surface area contributed by atoms with Gasteiger partial charge in [-0.2, -0.15) is 5.01 Å². The van der Waals surface area contributed by atoms with Gasteiger partial charge in [-0.3, -0.25) is 24.7 Å². The molecule has 0 aromatic carbocycles. The third-order valence-electron chi connectivity index (χ3n) is 6.07. The molecule has 0 bridgehead atoms. The van der Waals surface area contributed by atoms with Crippen LogP contribution in [0.5, 0.6) is 0 Å². The van der Waals surface area contributed by atoms with Crippen molar-refractivity contribution in [3.63, 3.8) is 0 Å². The monoisotopic (exact) mass is 407 g/mol. The van der Waals surface area contributed by atoms with Crippen LogP contribution in [0.15, 0.2) is 0 Å². The molecule has 5 amide bonds. The maximum Gasteiger partial charge on any atom is 0.344 e. The van der Waals surface area contributed by atoms with Crippen LogP contribution < -0.4 is 10.7 Å². The van der Waals surface area contributed by atoms with Crippen molar-refractivity contribution >= 4 is 23.8 Å². The van der Waals surface area contributed by atoms with Crippen molar-refractivity contribution in [2.45, 2.75) is 64.3 Å². The van der Waals surface area contributed by atoms with E-state index in [0.717, 1.165) is 37.4 Å². The first-order valence-electron chi connectivity index (χ1n) is 10.8. The smallest absolute Gasteiger partial charge is 0.340 e. The number of nitrogens with one attached hydrogen (secondary N) is 2. The van der Waals surface area contributed by atoms with Gasteiger partial charge in [-0.15, -0.1) is 0 Å². The maximum absolute atomic E-state index is 12.7. The summed E-state index contributed by atoms with van der Waals surface area (Å²) in [6.45, 7) is 7.40. The van der Waals surface area contributed by atoms with Gasteiger partial charge < -0.3 is 10.2 Å². The zero-order chi connectivity index (χ0) is 21.0. The Morgan fingerprint density at radius 1 is 1.07 bits per heavy atom. The average molecular weight is 408 g/mol. The molecule has 1 spiro atoms. The van der Waals surface area contributed by atoms with Crippen LogP contribution in [0.4, 0.5) is 4.79 Å². The Hall–Kier alpha value is -2.16. The molecule has 0 atom stereocenters. The van der Waals surface area contributed by atoms with E-state index in [1.54, 1.807) is 0 Å². The molecule has 29 heavy (non-hydrogen) atoms. The summed E-state index contributed by atoms with van der Waals surface area (Å²) >= 11 is 0. The van der Waals surface area contributed by atoms with Crippen molar-refractivity contribution in [2.24, 2.45) is 5.92 Å². The van der Waals surface area contributed by atoms with Crippen molar-refractivity contribution in [1.82, 2.24) is 25.6 Å². The largest absolute Gasteiger partial charge is 0.344 e. The Morgan fingerprint density at radius 2 is 1.72 bits per heavy atom. The van der Waals surface area contributed by atoms with Gasteiger partial charge in [0.15, 0.2) is 0 Å². The minimum Gasteiger partial charge on any atom is -0.340 e. The van der Waals surface area contributed by atoms with E-state index in [9.17, 15) is 19.2 Å². The zero-order valence-corrected chi connectivity index (χ0v) is 17.5. The Kier molecular flexibility index (Phi) is 6.77. The second-order valence-electron chi connectivity index (χ2n) is 8.82. The molecule has 2 N–H and O–H groups in total. The number of nitrogens with zero attached hydrogens (tertiary/aromatic N) is 3. The zero-order valence-electron chi connectivity index (χ0n) is 17.5. The van der Waals surface area contributed by atoms with E-state index < -0.39 is 11.6 Å². The van der Waals surface area contributed by atoms with Crippen LogP contribution in [0.25, 0.3) is 0 Å². The second-order valence-corrected chi connectivity index (χ2v) is 8.82. The standard InChI is InChI=1S/C20H33N5O4/c1-15(2)14-17(27)24-12-10-23(11-13-24)9-6-16(26)22-25-18(28)20(21-19(25)29)7-4-3-5-8-20/h15H,3-14H2,1-2H3,(H,21,29)(H,22,26). The number of urea groups is 1. The summed E-state index contributed by atoms with van der Waals surface area (Å²) in [6, 6.07) is -0.539. The molecule has 3 aliphatic rings. The normalized spacial score (nSPS) is 22.3. The van der Waals surface area contributed by atoms with E-state index in [-0.39, 0.29) is 24.1 Å². The summed E-state index contributed by atoms with van der Waals surface area (Å²) < 4.78 is 0. The van der Waals surface area contributed by atoms with Crippen LogP contribution in [0.1, 0.15) is 58.8 Å². The van der Waals surface area contributed by atoms with Gasteiger partial charge in [0.25, 0.3) is 5.91 Å². The van der Waals surface area contributed by atoms with Gasteiger partial charge in [0.2, 0.25) is 11.8 Å². The molecule has 0 unspecified atom stereocenters. The molecule has 3 rings (SSSR count). The first-order valence-corrected chi connectivity index (χ1v) is 10.8. The number of piperazine rings is 1. The summed E-state index contributed by atoms with van der Waals surface area (Å²) in [5, 5.41) is 3.64. The molecule has 1 aliphatic carbocycles. The minimum absolute atomic E-state index is 0.188. The Morgan fingerprint density at radius 3 is 2.34 bits per heavy atom. The first kappa shape index (κ1) is 21.5. The molecule has 2 aliphatic heterocycles. The summed E-state index contributed by atoms with van der Waals surface area (Å²) in [4.78, 5) is 53.4. The summed E-state index contributed by atoms with van der Waals surface area (Å²) in [7, 11) is 0. The number of hydrogen-bond donors (Lipinski definition) is 2. The van der Waals surface area contributed by atoms with E-state index in [0.29, 0.717) is 44.8 Å². The van der Waals surface area contributed by atoms with Crippen LogP contribution >= 0.6 is 0 Å². The van der Waals surface area contributed by atoms with E-state index >= 15 is 0 Å². The number of carbonyl (C=O) groups is 4. The van der Waals surface area contributed by atoms with Gasteiger partial charge in [0.05, 0.1) is 0 Å². The van der Waals surface area contributed by atoms with Gasteiger partial charge in [0, 0.05) is 45.6 Å². The number of rotatable bonds is 6.